The molecule has 1 saturated heterocycles. The van der Waals surface area contributed by atoms with Gasteiger partial charge in [-0.05, 0) is 36.1 Å². The smallest absolute Gasteiger partial charge is 0.311 e. The molecule has 158 valence electrons. The Balaban J connectivity index is 1.34. The van der Waals surface area contributed by atoms with Gasteiger partial charge in [-0.2, -0.15) is 0 Å². The van der Waals surface area contributed by atoms with Crippen LogP contribution in [-0.4, -0.2) is 48.9 Å². The Morgan fingerprint density at radius 1 is 1.03 bits per heavy atom. The molecule has 2 aromatic carbocycles. The van der Waals surface area contributed by atoms with Crippen LogP contribution in [-0.2, 0) is 32.0 Å². The predicted molar refractivity (Wildman–Crippen MR) is 109 cm³/mol. The number of hydrogen-bond donors (Lipinski definition) is 1. The Bertz CT molecular complexity index is 871. The van der Waals surface area contributed by atoms with Gasteiger partial charge in [0.05, 0.1) is 5.92 Å². The maximum atomic E-state index is 12.9. The fraction of sp³-hybridized carbons (Fsp3) is 0.348. The van der Waals surface area contributed by atoms with Crippen LogP contribution in [0.1, 0.15) is 17.5 Å². The highest BCUT2D eigenvalue weighted by molar-refractivity contribution is 5.88. The lowest BCUT2D eigenvalue weighted by Gasteiger charge is -2.16. The number of carbonyl (C=O) groups is 3. The molecule has 30 heavy (non-hydrogen) atoms. The molecule has 1 N–H and O–H groups in total. The molecule has 6 nitrogen and oxygen atoms in total. The summed E-state index contributed by atoms with van der Waals surface area (Å²) < 4.78 is 18.0. The van der Waals surface area contributed by atoms with Crippen molar-refractivity contribution < 1.29 is 23.5 Å². The van der Waals surface area contributed by atoms with Gasteiger partial charge in [0, 0.05) is 26.1 Å². The summed E-state index contributed by atoms with van der Waals surface area (Å²) in [6.45, 7) is 0.849. The van der Waals surface area contributed by atoms with Crippen molar-refractivity contribution in [3.63, 3.8) is 0 Å². The van der Waals surface area contributed by atoms with E-state index in [0.29, 0.717) is 26.1 Å². The van der Waals surface area contributed by atoms with E-state index in [0.717, 1.165) is 17.5 Å². The quantitative estimate of drug-likeness (QED) is 0.640. The number of ether oxygens (including phenoxy) is 1. The van der Waals surface area contributed by atoms with Crippen molar-refractivity contribution in [3.8, 4) is 0 Å². The fourth-order valence-corrected chi connectivity index (χ4v) is 3.36. The van der Waals surface area contributed by atoms with Crippen LogP contribution in [0.15, 0.2) is 54.6 Å². The van der Waals surface area contributed by atoms with Gasteiger partial charge in [0.1, 0.15) is 5.82 Å². The Kier molecular flexibility index (Phi) is 7.54. The van der Waals surface area contributed by atoms with Gasteiger partial charge in [-0.15, -0.1) is 0 Å². The summed E-state index contributed by atoms with van der Waals surface area (Å²) in [5.41, 5.74) is 2.03. The number of amides is 2. The van der Waals surface area contributed by atoms with Crippen molar-refractivity contribution in [1.29, 1.82) is 0 Å². The van der Waals surface area contributed by atoms with Gasteiger partial charge in [0.15, 0.2) is 6.61 Å². The van der Waals surface area contributed by atoms with E-state index in [1.165, 1.54) is 12.1 Å². The SMILES string of the molecule is O=C(COC(=O)[C@@H]1CC(=O)N(CCc2ccccc2)C1)NCCc1ccc(F)cc1. The van der Waals surface area contributed by atoms with Crippen molar-refractivity contribution in [1.82, 2.24) is 10.2 Å². The van der Waals surface area contributed by atoms with Crippen molar-refractivity contribution in [2.45, 2.75) is 19.3 Å². The number of likely N-dealkylation sites (tertiary alicyclic amines) is 1. The van der Waals surface area contributed by atoms with Crippen LogP contribution in [0.3, 0.4) is 0 Å². The minimum atomic E-state index is -0.541. The van der Waals surface area contributed by atoms with Crippen LogP contribution in [0.4, 0.5) is 4.39 Å². The number of carbonyl (C=O) groups excluding carboxylic acids is 3. The number of nitrogens with one attached hydrogen (secondary N) is 1. The average Bonchev–Trinajstić information content (AvgIpc) is 3.13. The van der Waals surface area contributed by atoms with Crippen molar-refractivity contribution >= 4 is 17.8 Å². The number of benzene rings is 2. The monoisotopic (exact) mass is 412 g/mol. The van der Waals surface area contributed by atoms with Crippen LogP contribution in [0.2, 0.25) is 0 Å². The second-order valence-electron chi connectivity index (χ2n) is 7.31. The highest BCUT2D eigenvalue weighted by atomic mass is 19.1. The second kappa shape index (κ2) is 10.5. The summed E-state index contributed by atoms with van der Waals surface area (Å²) in [6.07, 6.45) is 1.39. The number of hydrogen-bond acceptors (Lipinski definition) is 4. The number of nitrogens with zero attached hydrogens (tertiary/aromatic N) is 1. The topological polar surface area (TPSA) is 75.7 Å². The minimum Gasteiger partial charge on any atom is -0.455 e. The molecule has 0 aromatic heterocycles. The third kappa shape index (κ3) is 6.40. The Hall–Kier alpha value is -3.22. The molecule has 0 unspecified atom stereocenters. The van der Waals surface area contributed by atoms with E-state index >= 15 is 0 Å². The number of rotatable bonds is 9. The molecule has 0 bridgehead atoms. The molecule has 7 heteroatoms. The first-order valence-electron chi connectivity index (χ1n) is 10.0. The molecule has 3 rings (SSSR count). The molecule has 1 heterocycles. The first-order valence-corrected chi connectivity index (χ1v) is 10.0. The van der Waals surface area contributed by atoms with E-state index in [1.807, 2.05) is 30.3 Å². The fourth-order valence-electron chi connectivity index (χ4n) is 3.36. The predicted octanol–water partition coefficient (Wildman–Crippen LogP) is 2.12. The first kappa shape index (κ1) is 21.5. The van der Waals surface area contributed by atoms with E-state index in [4.69, 9.17) is 4.74 Å². The van der Waals surface area contributed by atoms with Gasteiger partial charge in [-0.25, -0.2) is 4.39 Å². The molecule has 0 radical (unpaired) electrons. The second-order valence-corrected chi connectivity index (χ2v) is 7.31. The number of esters is 1. The maximum Gasteiger partial charge on any atom is 0.311 e. The van der Waals surface area contributed by atoms with Gasteiger partial charge in [-0.3, -0.25) is 14.4 Å². The van der Waals surface area contributed by atoms with Gasteiger partial charge in [0.25, 0.3) is 5.91 Å². The lowest BCUT2D eigenvalue weighted by atomic mass is 10.1. The summed E-state index contributed by atoms with van der Waals surface area (Å²) in [5.74, 6) is -1.86. The van der Waals surface area contributed by atoms with Gasteiger partial charge < -0.3 is 15.0 Å². The summed E-state index contributed by atoms with van der Waals surface area (Å²) in [5, 5.41) is 2.66. The molecule has 0 aliphatic carbocycles. The third-order valence-corrected chi connectivity index (χ3v) is 5.06. The van der Waals surface area contributed by atoms with Crippen LogP contribution in [0.25, 0.3) is 0 Å². The molecule has 1 atom stereocenters. The normalized spacial score (nSPS) is 15.8. The summed E-state index contributed by atoms with van der Waals surface area (Å²) >= 11 is 0. The molecule has 1 fully saturated rings. The van der Waals surface area contributed by atoms with E-state index in [2.05, 4.69) is 5.32 Å². The van der Waals surface area contributed by atoms with Crippen LogP contribution in [0.5, 0.6) is 0 Å². The van der Waals surface area contributed by atoms with E-state index in [9.17, 15) is 18.8 Å². The zero-order chi connectivity index (χ0) is 21.3. The molecular formula is C23H25FN2O4. The Morgan fingerprint density at radius 2 is 1.73 bits per heavy atom. The molecule has 2 aromatic rings. The van der Waals surface area contributed by atoms with Gasteiger partial charge in [-0.1, -0.05) is 42.5 Å². The summed E-state index contributed by atoms with van der Waals surface area (Å²) in [7, 11) is 0. The Morgan fingerprint density at radius 3 is 2.47 bits per heavy atom. The van der Waals surface area contributed by atoms with Crippen molar-refractivity contribution in [3.05, 3.63) is 71.5 Å². The molecular weight excluding hydrogens is 387 g/mol. The van der Waals surface area contributed by atoms with Gasteiger partial charge >= 0.3 is 5.97 Å². The van der Waals surface area contributed by atoms with E-state index in [1.54, 1.807) is 17.0 Å². The molecule has 1 aliphatic rings. The summed E-state index contributed by atoms with van der Waals surface area (Å²) in [4.78, 5) is 37.9. The van der Waals surface area contributed by atoms with E-state index in [-0.39, 0.29) is 24.8 Å². The molecule has 0 spiro atoms. The van der Waals surface area contributed by atoms with E-state index < -0.39 is 17.8 Å². The van der Waals surface area contributed by atoms with Crippen LogP contribution >= 0.6 is 0 Å². The number of halogens is 1. The van der Waals surface area contributed by atoms with Crippen molar-refractivity contribution in [2.75, 3.05) is 26.2 Å². The molecule has 1 aliphatic heterocycles. The Labute approximate surface area is 175 Å². The lowest BCUT2D eigenvalue weighted by molar-refractivity contribution is -0.152. The zero-order valence-corrected chi connectivity index (χ0v) is 16.7. The van der Waals surface area contributed by atoms with Crippen LogP contribution < -0.4 is 5.32 Å². The zero-order valence-electron chi connectivity index (χ0n) is 16.7. The maximum absolute atomic E-state index is 12.9. The van der Waals surface area contributed by atoms with Crippen LogP contribution in [0, 0.1) is 11.7 Å². The average molecular weight is 412 g/mol. The van der Waals surface area contributed by atoms with Crippen molar-refractivity contribution in [2.24, 2.45) is 5.92 Å². The van der Waals surface area contributed by atoms with Gasteiger partial charge in [0.2, 0.25) is 5.91 Å². The highest BCUT2D eigenvalue weighted by Gasteiger charge is 2.35. The first-order chi connectivity index (χ1) is 14.5. The minimum absolute atomic E-state index is 0.0726. The largest absolute Gasteiger partial charge is 0.455 e. The third-order valence-electron chi connectivity index (χ3n) is 5.06. The standard InChI is InChI=1S/C23H25FN2O4/c24-20-8-6-18(7-9-20)10-12-25-21(27)16-30-23(29)19-14-22(28)26(15-19)13-11-17-4-2-1-3-5-17/h1-9,19H,10-16H2,(H,25,27)/t19-/m1/s1. The molecule has 2 amide bonds. The highest BCUT2D eigenvalue weighted by Crippen LogP contribution is 2.19. The summed E-state index contributed by atoms with van der Waals surface area (Å²) in [6, 6.07) is 15.9. The molecule has 0 saturated carbocycles. The lowest BCUT2D eigenvalue weighted by Crippen LogP contribution is -2.32.